The molecule has 0 saturated carbocycles. The third kappa shape index (κ3) is 3.06. The summed E-state index contributed by atoms with van der Waals surface area (Å²) in [5.74, 6) is -0.818. The lowest BCUT2D eigenvalue weighted by molar-refractivity contribution is 0.0527. The maximum absolute atomic E-state index is 12.4. The van der Waals surface area contributed by atoms with Crippen molar-refractivity contribution in [3.63, 3.8) is 0 Å². The molecule has 0 aliphatic rings. The van der Waals surface area contributed by atoms with E-state index in [1.165, 1.54) is 0 Å². The molecule has 3 aromatic rings. The molecule has 0 fully saturated rings. The number of pyridine rings is 1. The maximum Gasteiger partial charge on any atom is 0.340 e. The summed E-state index contributed by atoms with van der Waals surface area (Å²) in [4.78, 5) is 31.5. The first kappa shape index (κ1) is 14.8. The summed E-state index contributed by atoms with van der Waals surface area (Å²) in [5, 5.41) is 2.73. The highest BCUT2D eigenvalue weighted by Crippen LogP contribution is 2.18. The molecule has 0 unspecified atom stereocenters. The first-order valence-corrected chi connectivity index (χ1v) is 7.20. The highest BCUT2D eigenvalue weighted by molar-refractivity contribution is 6.08. The zero-order valence-corrected chi connectivity index (χ0v) is 12.5. The highest BCUT2D eigenvalue weighted by atomic mass is 16.5. The first-order valence-electron chi connectivity index (χ1n) is 7.20. The SMILES string of the molecule is CCOC(=O)c1ccccc1NC(=O)c1cc2ncccc2[nH]1. The van der Waals surface area contributed by atoms with Crippen molar-refractivity contribution in [1.82, 2.24) is 9.97 Å². The summed E-state index contributed by atoms with van der Waals surface area (Å²) < 4.78 is 5.00. The number of hydrogen-bond donors (Lipinski definition) is 2. The van der Waals surface area contributed by atoms with Crippen LogP contribution in [0.3, 0.4) is 0 Å². The van der Waals surface area contributed by atoms with Gasteiger partial charge in [-0.3, -0.25) is 9.78 Å². The number of para-hydroxylation sites is 1. The molecule has 116 valence electrons. The first-order chi connectivity index (χ1) is 11.2. The van der Waals surface area contributed by atoms with Crippen LogP contribution in [0, 0.1) is 0 Å². The number of benzene rings is 1. The second-order valence-corrected chi connectivity index (χ2v) is 4.84. The largest absolute Gasteiger partial charge is 0.462 e. The minimum Gasteiger partial charge on any atom is -0.462 e. The summed E-state index contributed by atoms with van der Waals surface area (Å²) >= 11 is 0. The summed E-state index contributed by atoms with van der Waals surface area (Å²) in [6.45, 7) is 2.01. The quantitative estimate of drug-likeness (QED) is 0.726. The zero-order chi connectivity index (χ0) is 16.2. The molecule has 2 heterocycles. The highest BCUT2D eigenvalue weighted by Gasteiger charge is 2.16. The number of rotatable bonds is 4. The molecular formula is C17H15N3O3. The topological polar surface area (TPSA) is 84.1 Å². The van der Waals surface area contributed by atoms with Gasteiger partial charge in [0.1, 0.15) is 5.69 Å². The van der Waals surface area contributed by atoms with E-state index in [2.05, 4.69) is 15.3 Å². The molecule has 1 amide bonds. The predicted molar refractivity (Wildman–Crippen MR) is 86.4 cm³/mol. The molecule has 23 heavy (non-hydrogen) atoms. The lowest BCUT2D eigenvalue weighted by atomic mass is 10.1. The second kappa shape index (κ2) is 6.31. The van der Waals surface area contributed by atoms with Crippen LogP contribution in [-0.4, -0.2) is 28.5 Å². The maximum atomic E-state index is 12.4. The van der Waals surface area contributed by atoms with Crippen molar-refractivity contribution in [1.29, 1.82) is 0 Å². The van der Waals surface area contributed by atoms with E-state index < -0.39 is 5.97 Å². The number of carbonyl (C=O) groups excluding carboxylic acids is 2. The molecule has 2 aromatic heterocycles. The zero-order valence-electron chi connectivity index (χ0n) is 12.5. The predicted octanol–water partition coefficient (Wildman–Crippen LogP) is 2.99. The number of hydrogen-bond acceptors (Lipinski definition) is 4. The standard InChI is InChI=1S/C17H15N3O3/c1-2-23-17(22)11-6-3-4-7-12(11)20-16(21)15-10-14-13(19-15)8-5-9-18-14/h3-10,19H,2H2,1H3,(H,20,21). The van der Waals surface area contributed by atoms with Gasteiger partial charge in [-0.1, -0.05) is 12.1 Å². The summed E-state index contributed by atoms with van der Waals surface area (Å²) in [5.41, 5.74) is 2.57. The van der Waals surface area contributed by atoms with E-state index in [-0.39, 0.29) is 12.5 Å². The molecular weight excluding hydrogens is 294 g/mol. The Morgan fingerprint density at radius 3 is 2.83 bits per heavy atom. The normalized spacial score (nSPS) is 10.5. The Morgan fingerprint density at radius 1 is 1.22 bits per heavy atom. The van der Waals surface area contributed by atoms with Gasteiger partial charge < -0.3 is 15.0 Å². The number of aromatic amines is 1. The Bertz CT molecular complexity index is 837. The number of amides is 1. The van der Waals surface area contributed by atoms with Crippen molar-refractivity contribution >= 4 is 28.6 Å². The Hall–Kier alpha value is -3.15. The fraction of sp³-hybridized carbons (Fsp3) is 0.118. The number of nitrogens with zero attached hydrogens (tertiary/aromatic N) is 1. The Labute approximate surface area is 132 Å². The number of aromatic nitrogens is 2. The van der Waals surface area contributed by atoms with Crippen LogP contribution in [0.15, 0.2) is 48.7 Å². The lowest BCUT2D eigenvalue weighted by Crippen LogP contribution is -2.16. The smallest absolute Gasteiger partial charge is 0.340 e. The van der Waals surface area contributed by atoms with E-state index in [1.54, 1.807) is 49.5 Å². The van der Waals surface area contributed by atoms with E-state index in [4.69, 9.17) is 4.74 Å². The van der Waals surface area contributed by atoms with Crippen LogP contribution in [0.2, 0.25) is 0 Å². The van der Waals surface area contributed by atoms with Gasteiger partial charge in [-0.05, 0) is 37.3 Å². The van der Waals surface area contributed by atoms with Gasteiger partial charge in [0.15, 0.2) is 0 Å². The molecule has 0 atom stereocenters. The van der Waals surface area contributed by atoms with Crippen LogP contribution in [0.25, 0.3) is 11.0 Å². The van der Waals surface area contributed by atoms with Crippen molar-refractivity contribution in [2.45, 2.75) is 6.92 Å². The number of ether oxygens (including phenoxy) is 1. The Kier molecular flexibility index (Phi) is 4.05. The third-order valence-corrected chi connectivity index (χ3v) is 3.30. The van der Waals surface area contributed by atoms with E-state index in [1.807, 2.05) is 6.07 Å². The van der Waals surface area contributed by atoms with Gasteiger partial charge >= 0.3 is 5.97 Å². The van der Waals surface area contributed by atoms with Crippen LogP contribution in [0.5, 0.6) is 0 Å². The molecule has 0 radical (unpaired) electrons. The molecule has 1 aromatic carbocycles. The van der Waals surface area contributed by atoms with Crippen LogP contribution >= 0.6 is 0 Å². The van der Waals surface area contributed by atoms with E-state index in [0.717, 1.165) is 5.52 Å². The van der Waals surface area contributed by atoms with E-state index >= 15 is 0 Å². The Morgan fingerprint density at radius 2 is 2.04 bits per heavy atom. The number of anilines is 1. The molecule has 3 rings (SSSR count). The van der Waals surface area contributed by atoms with Crippen molar-refractivity contribution in [3.05, 3.63) is 59.9 Å². The van der Waals surface area contributed by atoms with E-state index in [0.29, 0.717) is 22.5 Å². The van der Waals surface area contributed by atoms with Crippen molar-refractivity contribution < 1.29 is 14.3 Å². The molecule has 0 saturated heterocycles. The van der Waals surface area contributed by atoms with Crippen molar-refractivity contribution in [3.8, 4) is 0 Å². The molecule has 0 bridgehead atoms. The van der Waals surface area contributed by atoms with Gasteiger partial charge in [0, 0.05) is 6.20 Å². The number of nitrogens with one attached hydrogen (secondary N) is 2. The summed E-state index contributed by atoms with van der Waals surface area (Å²) in [6, 6.07) is 12.0. The van der Waals surface area contributed by atoms with Crippen LogP contribution in [0.1, 0.15) is 27.8 Å². The Balaban J connectivity index is 1.86. The van der Waals surface area contributed by atoms with Gasteiger partial charge in [0.2, 0.25) is 0 Å². The van der Waals surface area contributed by atoms with Gasteiger partial charge in [-0.15, -0.1) is 0 Å². The minimum absolute atomic E-state index is 0.273. The number of carbonyl (C=O) groups is 2. The fourth-order valence-corrected chi connectivity index (χ4v) is 2.25. The van der Waals surface area contributed by atoms with Crippen LogP contribution in [-0.2, 0) is 4.74 Å². The molecule has 0 aliphatic heterocycles. The average Bonchev–Trinajstić information content (AvgIpc) is 3.00. The molecule has 6 nitrogen and oxygen atoms in total. The average molecular weight is 309 g/mol. The molecule has 2 N–H and O–H groups in total. The van der Waals surface area contributed by atoms with Crippen LogP contribution in [0.4, 0.5) is 5.69 Å². The molecule has 0 aliphatic carbocycles. The summed E-state index contributed by atoms with van der Waals surface area (Å²) in [6.07, 6.45) is 1.66. The molecule has 6 heteroatoms. The van der Waals surface area contributed by atoms with Gasteiger partial charge in [-0.25, -0.2) is 4.79 Å². The number of fused-ring (bicyclic) bond motifs is 1. The minimum atomic E-state index is -0.471. The number of H-pyrrole nitrogens is 1. The van der Waals surface area contributed by atoms with Gasteiger partial charge in [0.25, 0.3) is 5.91 Å². The van der Waals surface area contributed by atoms with Crippen molar-refractivity contribution in [2.75, 3.05) is 11.9 Å². The second-order valence-electron chi connectivity index (χ2n) is 4.84. The fourth-order valence-electron chi connectivity index (χ4n) is 2.25. The summed E-state index contributed by atoms with van der Waals surface area (Å²) in [7, 11) is 0. The molecule has 0 spiro atoms. The van der Waals surface area contributed by atoms with Crippen LogP contribution < -0.4 is 5.32 Å². The lowest BCUT2D eigenvalue weighted by Gasteiger charge is -2.09. The van der Waals surface area contributed by atoms with Gasteiger partial charge in [-0.2, -0.15) is 0 Å². The monoisotopic (exact) mass is 309 g/mol. The van der Waals surface area contributed by atoms with Gasteiger partial charge in [0.05, 0.1) is 28.9 Å². The number of esters is 1. The third-order valence-electron chi connectivity index (χ3n) is 3.30. The van der Waals surface area contributed by atoms with E-state index in [9.17, 15) is 9.59 Å². The van der Waals surface area contributed by atoms with Crippen molar-refractivity contribution in [2.24, 2.45) is 0 Å².